The van der Waals surface area contributed by atoms with E-state index in [0.717, 1.165) is 39.4 Å². The number of fused-ring (bicyclic) bond motifs is 1. The first-order chi connectivity index (χ1) is 12.0. The van der Waals surface area contributed by atoms with Crippen LogP contribution in [0.25, 0.3) is 10.2 Å². The third-order valence-electron chi connectivity index (χ3n) is 4.67. The molecule has 0 saturated carbocycles. The molecule has 1 atom stereocenters. The highest BCUT2D eigenvalue weighted by molar-refractivity contribution is 8.00. The van der Waals surface area contributed by atoms with Gasteiger partial charge in [0.25, 0.3) is 0 Å². The molecule has 1 aliphatic rings. The van der Waals surface area contributed by atoms with Crippen LogP contribution in [0.1, 0.15) is 22.4 Å². The molecule has 3 heterocycles. The van der Waals surface area contributed by atoms with E-state index in [9.17, 15) is 5.11 Å². The number of aliphatic hydroxyl groups is 1. The molecule has 5 nitrogen and oxygen atoms in total. The molecule has 0 bridgehead atoms. The summed E-state index contributed by atoms with van der Waals surface area (Å²) in [4.78, 5) is 4.90. The fraction of sp³-hybridized carbons (Fsp3) is 0.333. The smallest absolute Gasteiger partial charge is 0.148 e. The molecule has 4 rings (SSSR count). The summed E-state index contributed by atoms with van der Waals surface area (Å²) in [6.45, 7) is 5.62. The predicted molar refractivity (Wildman–Crippen MR) is 104 cm³/mol. The third kappa shape index (κ3) is 3.01. The van der Waals surface area contributed by atoms with Crippen LogP contribution in [0.4, 0.5) is 5.69 Å². The van der Waals surface area contributed by atoms with E-state index in [1.54, 1.807) is 0 Å². The number of hydrogen-bond acceptors (Lipinski definition) is 7. The minimum atomic E-state index is -0.675. The van der Waals surface area contributed by atoms with E-state index in [4.69, 9.17) is 5.73 Å². The molecule has 1 aromatic carbocycles. The number of aryl methyl sites for hydroxylation is 2. The second kappa shape index (κ2) is 6.57. The second-order valence-electron chi connectivity index (χ2n) is 6.35. The molecule has 7 heteroatoms. The van der Waals surface area contributed by atoms with E-state index >= 15 is 0 Å². The van der Waals surface area contributed by atoms with Gasteiger partial charge in [0.2, 0.25) is 0 Å². The van der Waals surface area contributed by atoms with Crippen LogP contribution in [0.3, 0.4) is 0 Å². The lowest BCUT2D eigenvalue weighted by molar-refractivity contribution is -0.0299. The summed E-state index contributed by atoms with van der Waals surface area (Å²) < 4.78 is 0. The summed E-state index contributed by atoms with van der Waals surface area (Å²) in [6, 6.07) is 10.4. The van der Waals surface area contributed by atoms with Crippen LogP contribution in [0.15, 0.2) is 35.2 Å². The van der Waals surface area contributed by atoms with E-state index in [-0.39, 0.29) is 0 Å². The van der Waals surface area contributed by atoms with Gasteiger partial charge in [0.15, 0.2) is 0 Å². The van der Waals surface area contributed by atoms with Gasteiger partial charge in [-0.25, -0.2) is 0 Å². The molecule has 0 aliphatic carbocycles. The number of aliphatic hydroxyl groups excluding tert-OH is 1. The topological polar surface area (TPSA) is 75.3 Å². The van der Waals surface area contributed by atoms with Crippen LogP contribution in [0.5, 0.6) is 0 Å². The van der Waals surface area contributed by atoms with Gasteiger partial charge in [0.05, 0.1) is 16.3 Å². The average Bonchev–Trinajstić information content (AvgIpc) is 2.92. The molecule has 0 amide bonds. The van der Waals surface area contributed by atoms with Crippen LogP contribution >= 0.6 is 23.1 Å². The van der Waals surface area contributed by atoms with Crippen molar-refractivity contribution < 1.29 is 5.11 Å². The zero-order valence-electron chi connectivity index (χ0n) is 14.1. The number of benzene rings is 1. The first-order valence-corrected chi connectivity index (χ1v) is 9.89. The highest BCUT2D eigenvalue weighted by Crippen LogP contribution is 2.42. The van der Waals surface area contributed by atoms with Gasteiger partial charge in [0.1, 0.15) is 11.1 Å². The molecule has 25 heavy (non-hydrogen) atoms. The molecule has 1 fully saturated rings. The maximum absolute atomic E-state index is 10.8. The SMILES string of the molecule is Cc1nnc2sc(C(O)N3CC(Sc4ccccc4)C3)c(N)c2c1C. The Bertz CT molecular complexity index is 906. The number of nitrogens with two attached hydrogens (primary N) is 1. The van der Waals surface area contributed by atoms with Gasteiger partial charge in [-0.2, -0.15) is 5.10 Å². The zero-order valence-corrected chi connectivity index (χ0v) is 15.8. The molecule has 1 saturated heterocycles. The number of thioether (sulfide) groups is 1. The second-order valence-corrected chi connectivity index (χ2v) is 8.76. The van der Waals surface area contributed by atoms with E-state index in [2.05, 4.69) is 39.4 Å². The van der Waals surface area contributed by atoms with Gasteiger partial charge >= 0.3 is 0 Å². The van der Waals surface area contributed by atoms with Gasteiger partial charge in [-0.15, -0.1) is 28.2 Å². The zero-order chi connectivity index (χ0) is 17.6. The minimum Gasteiger partial charge on any atom is -0.397 e. The van der Waals surface area contributed by atoms with Crippen molar-refractivity contribution >= 4 is 39.0 Å². The number of likely N-dealkylation sites (tertiary alicyclic amines) is 1. The Kier molecular flexibility index (Phi) is 4.41. The maximum atomic E-state index is 10.8. The van der Waals surface area contributed by atoms with Crippen molar-refractivity contribution in [2.45, 2.75) is 30.2 Å². The largest absolute Gasteiger partial charge is 0.397 e. The van der Waals surface area contributed by atoms with Gasteiger partial charge < -0.3 is 10.8 Å². The van der Waals surface area contributed by atoms with E-state index < -0.39 is 6.23 Å². The van der Waals surface area contributed by atoms with E-state index in [0.29, 0.717) is 10.9 Å². The third-order valence-corrected chi connectivity index (χ3v) is 6.97. The van der Waals surface area contributed by atoms with Crippen LogP contribution in [0.2, 0.25) is 0 Å². The number of anilines is 1. The van der Waals surface area contributed by atoms with Gasteiger partial charge in [-0.05, 0) is 31.5 Å². The Morgan fingerprint density at radius 1 is 1.24 bits per heavy atom. The van der Waals surface area contributed by atoms with E-state index in [1.165, 1.54) is 16.2 Å². The summed E-state index contributed by atoms with van der Waals surface area (Å²) in [5.41, 5.74) is 8.89. The number of rotatable bonds is 4. The van der Waals surface area contributed by atoms with Crippen molar-refractivity contribution in [2.75, 3.05) is 18.8 Å². The fourth-order valence-electron chi connectivity index (χ4n) is 3.05. The highest BCUT2D eigenvalue weighted by Gasteiger charge is 2.35. The highest BCUT2D eigenvalue weighted by atomic mass is 32.2. The van der Waals surface area contributed by atoms with Gasteiger partial charge in [0, 0.05) is 28.6 Å². The Morgan fingerprint density at radius 2 is 1.96 bits per heavy atom. The normalized spacial score (nSPS) is 16.9. The van der Waals surface area contributed by atoms with Crippen molar-refractivity contribution in [2.24, 2.45) is 0 Å². The molecule has 3 aromatic rings. The Balaban J connectivity index is 1.49. The molecule has 0 spiro atoms. The molecule has 130 valence electrons. The Labute approximate surface area is 154 Å². The molecule has 0 radical (unpaired) electrons. The van der Waals surface area contributed by atoms with Crippen molar-refractivity contribution in [1.29, 1.82) is 0 Å². The monoisotopic (exact) mass is 372 g/mol. The molecule has 3 N–H and O–H groups in total. The standard InChI is InChI=1S/C18H20N4OS2/c1-10-11(2)20-21-17-14(10)15(19)16(25-17)18(23)22-8-13(9-22)24-12-6-4-3-5-7-12/h3-7,13,18,23H,8-9,19H2,1-2H3. The number of thiophene rings is 1. The fourth-order valence-corrected chi connectivity index (χ4v) is 5.40. The van der Waals surface area contributed by atoms with Crippen LogP contribution in [-0.2, 0) is 0 Å². The van der Waals surface area contributed by atoms with E-state index in [1.807, 2.05) is 31.7 Å². The summed E-state index contributed by atoms with van der Waals surface area (Å²) in [5.74, 6) is 0. The van der Waals surface area contributed by atoms with Gasteiger partial charge in [-0.3, -0.25) is 4.90 Å². The van der Waals surface area contributed by atoms with Crippen molar-refractivity contribution in [3.8, 4) is 0 Å². The first-order valence-electron chi connectivity index (χ1n) is 8.20. The first kappa shape index (κ1) is 16.8. The summed E-state index contributed by atoms with van der Waals surface area (Å²) >= 11 is 3.30. The van der Waals surface area contributed by atoms with Crippen LogP contribution in [0, 0.1) is 13.8 Å². The number of nitrogen functional groups attached to an aromatic ring is 1. The maximum Gasteiger partial charge on any atom is 0.148 e. The Hall–Kier alpha value is -1.67. The quantitative estimate of drug-likeness (QED) is 0.731. The number of hydrogen-bond donors (Lipinski definition) is 2. The minimum absolute atomic E-state index is 0.497. The van der Waals surface area contributed by atoms with Crippen LogP contribution < -0.4 is 5.73 Å². The summed E-state index contributed by atoms with van der Waals surface area (Å²) in [6.07, 6.45) is -0.675. The van der Waals surface area contributed by atoms with Crippen LogP contribution in [-0.4, -0.2) is 38.5 Å². The lowest BCUT2D eigenvalue weighted by atomic mass is 10.1. The van der Waals surface area contributed by atoms with Crippen molar-refractivity contribution in [1.82, 2.24) is 15.1 Å². The molecule has 1 aliphatic heterocycles. The van der Waals surface area contributed by atoms with Crippen molar-refractivity contribution in [3.63, 3.8) is 0 Å². The molecular formula is C18H20N4OS2. The summed E-state index contributed by atoms with van der Waals surface area (Å²) in [5, 5.41) is 20.6. The van der Waals surface area contributed by atoms with Gasteiger partial charge in [-0.1, -0.05) is 18.2 Å². The molecule has 2 aromatic heterocycles. The summed E-state index contributed by atoms with van der Waals surface area (Å²) in [7, 11) is 0. The predicted octanol–water partition coefficient (Wildman–Crippen LogP) is 3.36. The van der Waals surface area contributed by atoms with Crippen molar-refractivity contribution in [3.05, 3.63) is 46.5 Å². The lowest BCUT2D eigenvalue weighted by Gasteiger charge is -2.41. The number of nitrogens with zero attached hydrogens (tertiary/aromatic N) is 3. The Morgan fingerprint density at radius 3 is 2.68 bits per heavy atom. The lowest BCUT2D eigenvalue weighted by Crippen LogP contribution is -2.50. The number of aromatic nitrogens is 2. The molecular weight excluding hydrogens is 352 g/mol. The average molecular weight is 373 g/mol. The molecule has 1 unspecified atom stereocenters.